The van der Waals surface area contributed by atoms with E-state index in [9.17, 15) is 4.79 Å². The van der Waals surface area contributed by atoms with E-state index in [0.717, 1.165) is 16.7 Å². The molecule has 0 atom stereocenters. The van der Waals surface area contributed by atoms with E-state index >= 15 is 0 Å². The van der Waals surface area contributed by atoms with Gasteiger partial charge in [0.2, 0.25) is 5.71 Å². The predicted molar refractivity (Wildman–Crippen MR) is 113 cm³/mol. The summed E-state index contributed by atoms with van der Waals surface area (Å²) in [6, 6.07) is 4.92. The van der Waals surface area contributed by atoms with E-state index in [0.29, 0.717) is 65.7 Å². The summed E-state index contributed by atoms with van der Waals surface area (Å²) in [4.78, 5) is 25.7. The van der Waals surface area contributed by atoms with Gasteiger partial charge in [-0.15, -0.1) is 0 Å². The maximum absolute atomic E-state index is 12.7. The maximum atomic E-state index is 12.7. The fourth-order valence-corrected chi connectivity index (χ4v) is 4.03. The van der Waals surface area contributed by atoms with Gasteiger partial charge in [-0.25, -0.2) is 4.98 Å². The number of halogens is 2. The number of nitrogens with zero attached hydrogens (tertiary/aromatic N) is 4. The highest BCUT2D eigenvalue weighted by Gasteiger charge is 2.24. The highest BCUT2D eigenvalue weighted by atomic mass is 35.5. The predicted octanol–water partition coefficient (Wildman–Crippen LogP) is 3.69. The normalized spacial score (nSPS) is 15.2. The third-order valence-corrected chi connectivity index (χ3v) is 5.84. The Balaban J connectivity index is 1.42. The number of rotatable bonds is 3. The van der Waals surface area contributed by atoms with Gasteiger partial charge in [-0.2, -0.15) is 4.98 Å². The van der Waals surface area contributed by atoms with Crippen LogP contribution in [0.2, 0.25) is 10.0 Å². The fourth-order valence-electron chi connectivity index (χ4n) is 3.54. The number of aromatic nitrogens is 2. The number of furan rings is 1. The second-order valence-electron chi connectivity index (χ2n) is 7.18. The van der Waals surface area contributed by atoms with Crippen LogP contribution in [0.15, 0.2) is 22.6 Å². The highest BCUT2D eigenvalue weighted by Crippen LogP contribution is 2.27. The number of nitrogens with two attached hydrogens (primary N) is 1. The van der Waals surface area contributed by atoms with Gasteiger partial charge >= 0.3 is 0 Å². The molecule has 0 bridgehead atoms. The Hall–Kier alpha value is -2.35. The number of hydrogen-bond acceptors (Lipinski definition) is 6. The lowest BCUT2D eigenvalue weighted by molar-refractivity contribution is 0.0626. The number of carbonyl (C=O) groups is 1. The van der Waals surface area contributed by atoms with Gasteiger partial charge in [0.25, 0.3) is 5.91 Å². The van der Waals surface area contributed by atoms with Crippen molar-refractivity contribution in [3.05, 3.63) is 51.0 Å². The minimum Gasteiger partial charge on any atom is -0.443 e. The van der Waals surface area contributed by atoms with Gasteiger partial charge in [-0.05, 0) is 32.0 Å². The van der Waals surface area contributed by atoms with Crippen molar-refractivity contribution >= 4 is 46.0 Å². The van der Waals surface area contributed by atoms with Crippen molar-refractivity contribution in [2.75, 3.05) is 31.9 Å². The number of aryl methyl sites for hydroxylation is 2. The molecule has 1 aliphatic heterocycles. The molecule has 9 heteroatoms. The zero-order valence-corrected chi connectivity index (χ0v) is 17.7. The monoisotopic (exact) mass is 433 g/mol. The van der Waals surface area contributed by atoms with E-state index in [1.54, 1.807) is 23.1 Å². The summed E-state index contributed by atoms with van der Waals surface area (Å²) in [6.07, 6.45) is 0. The first-order valence-electron chi connectivity index (χ1n) is 9.32. The van der Waals surface area contributed by atoms with Crippen LogP contribution in [0.4, 0.5) is 5.82 Å². The van der Waals surface area contributed by atoms with E-state index in [-0.39, 0.29) is 5.91 Å². The molecule has 4 rings (SSSR count). The molecule has 3 aromatic rings. The molecule has 0 saturated carbocycles. The molecule has 0 unspecified atom stereocenters. The molecule has 1 saturated heterocycles. The molecular formula is C20H21Cl2N5O2. The third-order valence-electron chi connectivity index (χ3n) is 5.29. The lowest BCUT2D eigenvalue weighted by Gasteiger charge is -2.34. The number of hydrogen-bond donors (Lipinski definition) is 1. The van der Waals surface area contributed by atoms with Gasteiger partial charge in [0.05, 0.1) is 22.5 Å². The zero-order chi connectivity index (χ0) is 20.7. The molecule has 1 aliphatic rings. The fraction of sp³-hybridized carbons (Fsp3) is 0.350. The van der Waals surface area contributed by atoms with Crippen molar-refractivity contribution in [1.29, 1.82) is 0 Å². The minimum atomic E-state index is -0.0882. The molecular weight excluding hydrogens is 413 g/mol. The Bertz CT molecular complexity index is 1090. The SMILES string of the molecule is Cc1oc2nc(CN3CCN(C(=O)c4ccc(Cl)cc4Cl)CC3)nc(N)c2c1C. The van der Waals surface area contributed by atoms with Gasteiger partial charge in [0.15, 0.2) is 0 Å². The summed E-state index contributed by atoms with van der Waals surface area (Å²) in [5.74, 6) is 1.76. The average Bonchev–Trinajstić information content (AvgIpc) is 2.96. The molecule has 0 radical (unpaired) electrons. The van der Waals surface area contributed by atoms with Gasteiger partial charge in [0, 0.05) is 36.8 Å². The molecule has 7 nitrogen and oxygen atoms in total. The molecule has 152 valence electrons. The zero-order valence-electron chi connectivity index (χ0n) is 16.2. The van der Waals surface area contributed by atoms with Gasteiger partial charge in [0.1, 0.15) is 17.4 Å². The number of nitrogen functional groups attached to an aromatic ring is 1. The topological polar surface area (TPSA) is 88.5 Å². The Morgan fingerprint density at radius 1 is 1.17 bits per heavy atom. The van der Waals surface area contributed by atoms with Crippen LogP contribution in [0, 0.1) is 13.8 Å². The van der Waals surface area contributed by atoms with E-state index in [1.807, 2.05) is 13.8 Å². The van der Waals surface area contributed by atoms with Crippen molar-refractivity contribution in [3.8, 4) is 0 Å². The first-order valence-corrected chi connectivity index (χ1v) is 10.1. The molecule has 1 amide bonds. The quantitative estimate of drug-likeness (QED) is 0.677. The van der Waals surface area contributed by atoms with Crippen LogP contribution in [0.25, 0.3) is 11.1 Å². The first-order chi connectivity index (χ1) is 13.8. The molecule has 1 aromatic carbocycles. The largest absolute Gasteiger partial charge is 0.443 e. The van der Waals surface area contributed by atoms with Crippen molar-refractivity contribution in [2.45, 2.75) is 20.4 Å². The molecule has 0 aliphatic carbocycles. The Morgan fingerprint density at radius 2 is 1.90 bits per heavy atom. The second kappa shape index (κ2) is 7.82. The summed E-state index contributed by atoms with van der Waals surface area (Å²) >= 11 is 12.1. The van der Waals surface area contributed by atoms with Crippen molar-refractivity contribution in [1.82, 2.24) is 19.8 Å². The summed E-state index contributed by atoms with van der Waals surface area (Å²) in [6.45, 7) is 6.97. The molecule has 29 heavy (non-hydrogen) atoms. The van der Waals surface area contributed by atoms with Crippen LogP contribution in [-0.2, 0) is 6.54 Å². The Labute approximate surface area is 178 Å². The van der Waals surface area contributed by atoms with Crippen LogP contribution < -0.4 is 5.73 Å². The number of benzene rings is 1. The van der Waals surface area contributed by atoms with Crippen LogP contribution in [0.1, 0.15) is 27.5 Å². The number of piperazine rings is 1. The van der Waals surface area contributed by atoms with Gasteiger partial charge < -0.3 is 15.1 Å². The van der Waals surface area contributed by atoms with Crippen LogP contribution in [-0.4, -0.2) is 51.9 Å². The number of fused-ring (bicyclic) bond motifs is 1. The third kappa shape index (κ3) is 3.90. The molecule has 1 fully saturated rings. The molecule has 2 N–H and O–H groups in total. The number of carbonyl (C=O) groups excluding carboxylic acids is 1. The van der Waals surface area contributed by atoms with Crippen molar-refractivity contribution in [3.63, 3.8) is 0 Å². The van der Waals surface area contributed by atoms with Gasteiger partial charge in [-0.3, -0.25) is 9.69 Å². The van der Waals surface area contributed by atoms with Gasteiger partial charge in [-0.1, -0.05) is 23.2 Å². The van der Waals surface area contributed by atoms with Crippen molar-refractivity contribution < 1.29 is 9.21 Å². The number of anilines is 1. The van der Waals surface area contributed by atoms with Crippen LogP contribution in [0.3, 0.4) is 0 Å². The van der Waals surface area contributed by atoms with Crippen molar-refractivity contribution in [2.24, 2.45) is 0 Å². The summed E-state index contributed by atoms with van der Waals surface area (Å²) < 4.78 is 5.70. The lowest BCUT2D eigenvalue weighted by Crippen LogP contribution is -2.48. The molecule has 2 aromatic heterocycles. The minimum absolute atomic E-state index is 0.0882. The summed E-state index contributed by atoms with van der Waals surface area (Å²) in [5.41, 5.74) is 8.08. The summed E-state index contributed by atoms with van der Waals surface area (Å²) in [7, 11) is 0. The van der Waals surface area contributed by atoms with E-state index in [4.69, 9.17) is 33.4 Å². The van der Waals surface area contributed by atoms with E-state index < -0.39 is 0 Å². The Kier molecular flexibility index (Phi) is 5.38. The highest BCUT2D eigenvalue weighted by molar-refractivity contribution is 6.36. The smallest absolute Gasteiger partial charge is 0.255 e. The molecule has 0 spiro atoms. The van der Waals surface area contributed by atoms with Crippen LogP contribution in [0.5, 0.6) is 0 Å². The standard InChI is InChI=1S/C20H21Cl2N5O2/c1-11-12(2)29-19-17(11)18(23)24-16(25-19)10-26-5-7-27(8-6-26)20(28)14-4-3-13(21)9-15(14)22/h3-4,9H,5-8,10H2,1-2H3,(H2,23,24,25). The molecule has 3 heterocycles. The summed E-state index contributed by atoms with van der Waals surface area (Å²) in [5, 5.41) is 1.65. The maximum Gasteiger partial charge on any atom is 0.255 e. The second-order valence-corrected chi connectivity index (χ2v) is 8.02. The Morgan fingerprint density at radius 3 is 2.59 bits per heavy atom. The first kappa shape index (κ1) is 19.9. The van der Waals surface area contributed by atoms with E-state index in [1.165, 1.54) is 0 Å². The lowest BCUT2D eigenvalue weighted by atomic mass is 10.1. The van der Waals surface area contributed by atoms with Crippen LogP contribution >= 0.6 is 23.2 Å². The number of amides is 1. The van der Waals surface area contributed by atoms with E-state index in [2.05, 4.69) is 14.9 Å². The average molecular weight is 434 g/mol.